The lowest BCUT2D eigenvalue weighted by atomic mass is 10.2. The molecule has 5 heteroatoms. The van der Waals surface area contributed by atoms with Gasteiger partial charge in [0.25, 0.3) is 0 Å². The van der Waals surface area contributed by atoms with E-state index in [2.05, 4.69) is 12.2 Å². The van der Waals surface area contributed by atoms with E-state index in [1.54, 1.807) is 4.90 Å². The molecule has 14 heavy (non-hydrogen) atoms. The van der Waals surface area contributed by atoms with E-state index in [9.17, 15) is 4.79 Å². The van der Waals surface area contributed by atoms with E-state index in [0.717, 1.165) is 6.42 Å². The molecule has 1 aliphatic rings. The first-order chi connectivity index (χ1) is 6.77. The maximum Gasteiger partial charge on any atom is 0.317 e. The second-order valence-electron chi connectivity index (χ2n) is 3.37. The largest absolute Gasteiger partial charge is 0.375 e. The Labute approximate surface area is 84.6 Å². The molecule has 2 amide bonds. The van der Waals surface area contributed by atoms with Crippen LogP contribution in [0.4, 0.5) is 4.79 Å². The number of nitrogens with one attached hydrogen (secondary N) is 1. The van der Waals surface area contributed by atoms with Crippen molar-refractivity contribution in [1.29, 1.82) is 0 Å². The number of amides is 2. The van der Waals surface area contributed by atoms with Gasteiger partial charge in [0.2, 0.25) is 0 Å². The summed E-state index contributed by atoms with van der Waals surface area (Å²) in [7, 11) is 0. The monoisotopic (exact) mass is 201 g/mol. The third kappa shape index (κ3) is 3.16. The molecule has 1 atom stereocenters. The number of carbonyl (C=O) groups is 1. The average Bonchev–Trinajstić information content (AvgIpc) is 2.26. The highest BCUT2D eigenvalue weighted by molar-refractivity contribution is 5.74. The fraction of sp³-hybridized carbons (Fsp3) is 0.889. The third-order valence-corrected chi connectivity index (χ3v) is 2.30. The quantitative estimate of drug-likeness (QED) is 0.662. The highest BCUT2D eigenvalue weighted by Crippen LogP contribution is 2.07. The van der Waals surface area contributed by atoms with Crippen LogP contribution in [-0.2, 0) is 4.74 Å². The summed E-state index contributed by atoms with van der Waals surface area (Å²) in [5.41, 5.74) is 5.30. The van der Waals surface area contributed by atoms with Crippen molar-refractivity contribution in [3.05, 3.63) is 0 Å². The first-order valence-electron chi connectivity index (χ1n) is 5.12. The zero-order chi connectivity index (χ0) is 10.4. The molecule has 0 spiro atoms. The van der Waals surface area contributed by atoms with Crippen molar-refractivity contribution in [2.45, 2.75) is 19.4 Å². The van der Waals surface area contributed by atoms with Crippen LogP contribution in [0, 0.1) is 0 Å². The van der Waals surface area contributed by atoms with Crippen LogP contribution in [0.15, 0.2) is 0 Å². The zero-order valence-corrected chi connectivity index (χ0v) is 8.66. The molecule has 1 unspecified atom stereocenters. The van der Waals surface area contributed by atoms with Gasteiger partial charge in [-0.25, -0.2) is 4.79 Å². The maximum absolute atomic E-state index is 11.5. The SMILES string of the molecule is CCC1CN(C(=O)NCCN)CCO1. The molecule has 0 saturated carbocycles. The van der Waals surface area contributed by atoms with Crippen molar-refractivity contribution in [3.63, 3.8) is 0 Å². The lowest BCUT2D eigenvalue weighted by molar-refractivity contribution is -0.0153. The summed E-state index contributed by atoms with van der Waals surface area (Å²) in [5, 5.41) is 2.75. The molecule has 3 N–H and O–H groups in total. The first kappa shape index (κ1) is 11.3. The molecule has 0 aromatic heterocycles. The van der Waals surface area contributed by atoms with E-state index in [0.29, 0.717) is 32.8 Å². The Kier molecular flexibility index (Phi) is 4.69. The van der Waals surface area contributed by atoms with E-state index >= 15 is 0 Å². The molecular formula is C9H19N3O2. The predicted octanol–water partition coefficient (Wildman–Crippen LogP) is -0.234. The maximum atomic E-state index is 11.5. The van der Waals surface area contributed by atoms with Crippen molar-refractivity contribution >= 4 is 6.03 Å². The van der Waals surface area contributed by atoms with E-state index in [4.69, 9.17) is 10.5 Å². The first-order valence-corrected chi connectivity index (χ1v) is 5.12. The Hall–Kier alpha value is -0.810. The number of ether oxygens (including phenoxy) is 1. The second-order valence-corrected chi connectivity index (χ2v) is 3.37. The summed E-state index contributed by atoms with van der Waals surface area (Å²) in [6.45, 7) is 5.07. The van der Waals surface area contributed by atoms with Crippen LogP contribution in [0.3, 0.4) is 0 Å². The van der Waals surface area contributed by atoms with Gasteiger partial charge < -0.3 is 20.7 Å². The van der Waals surface area contributed by atoms with Gasteiger partial charge in [0.05, 0.1) is 12.7 Å². The Morgan fingerprint density at radius 3 is 3.14 bits per heavy atom. The summed E-state index contributed by atoms with van der Waals surface area (Å²) >= 11 is 0. The van der Waals surface area contributed by atoms with Crippen LogP contribution in [0.1, 0.15) is 13.3 Å². The Morgan fingerprint density at radius 2 is 2.50 bits per heavy atom. The van der Waals surface area contributed by atoms with Crippen LogP contribution < -0.4 is 11.1 Å². The van der Waals surface area contributed by atoms with Gasteiger partial charge in [0.15, 0.2) is 0 Å². The van der Waals surface area contributed by atoms with Gasteiger partial charge in [-0.15, -0.1) is 0 Å². The lowest BCUT2D eigenvalue weighted by Gasteiger charge is -2.32. The summed E-state index contributed by atoms with van der Waals surface area (Å²) in [4.78, 5) is 13.3. The number of hydrogen-bond donors (Lipinski definition) is 2. The minimum Gasteiger partial charge on any atom is -0.375 e. The molecule has 1 saturated heterocycles. The van der Waals surface area contributed by atoms with Gasteiger partial charge in [-0.2, -0.15) is 0 Å². The smallest absolute Gasteiger partial charge is 0.317 e. The van der Waals surface area contributed by atoms with Crippen LogP contribution in [-0.4, -0.2) is 49.8 Å². The summed E-state index contributed by atoms with van der Waals surface area (Å²) in [5.74, 6) is 0. The number of nitrogens with zero attached hydrogens (tertiary/aromatic N) is 1. The summed E-state index contributed by atoms with van der Waals surface area (Å²) < 4.78 is 5.47. The molecule has 0 aliphatic carbocycles. The number of nitrogens with two attached hydrogens (primary N) is 1. The minimum absolute atomic E-state index is 0.0304. The van der Waals surface area contributed by atoms with Gasteiger partial charge in [0.1, 0.15) is 0 Å². The van der Waals surface area contributed by atoms with Gasteiger partial charge in [-0.1, -0.05) is 6.92 Å². The van der Waals surface area contributed by atoms with Crippen LogP contribution in [0.25, 0.3) is 0 Å². The normalized spacial score (nSPS) is 22.1. The van der Waals surface area contributed by atoms with E-state index in [-0.39, 0.29) is 12.1 Å². The molecule has 1 heterocycles. The van der Waals surface area contributed by atoms with Crippen LogP contribution in [0.2, 0.25) is 0 Å². The highest BCUT2D eigenvalue weighted by Gasteiger charge is 2.22. The molecule has 5 nitrogen and oxygen atoms in total. The summed E-state index contributed by atoms with van der Waals surface area (Å²) in [6.07, 6.45) is 1.13. The van der Waals surface area contributed by atoms with Gasteiger partial charge in [0, 0.05) is 26.2 Å². The topological polar surface area (TPSA) is 67.6 Å². The number of carbonyl (C=O) groups excluding carboxylic acids is 1. The van der Waals surface area contributed by atoms with Gasteiger partial charge in [-0.05, 0) is 6.42 Å². The van der Waals surface area contributed by atoms with E-state index < -0.39 is 0 Å². The predicted molar refractivity (Wildman–Crippen MR) is 54.1 cm³/mol. The van der Waals surface area contributed by atoms with Crippen molar-refractivity contribution < 1.29 is 9.53 Å². The number of hydrogen-bond acceptors (Lipinski definition) is 3. The standard InChI is InChI=1S/C9H19N3O2/c1-2-8-7-12(5-6-14-8)9(13)11-4-3-10/h8H,2-7,10H2,1H3,(H,11,13). The van der Waals surface area contributed by atoms with Crippen LogP contribution >= 0.6 is 0 Å². The molecule has 82 valence electrons. The van der Waals surface area contributed by atoms with Crippen molar-refractivity contribution in [2.75, 3.05) is 32.8 Å². The molecule has 0 radical (unpaired) electrons. The molecule has 0 aromatic rings. The molecule has 0 bridgehead atoms. The molecule has 1 rings (SSSR count). The molecule has 1 aliphatic heterocycles. The number of rotatable bonds is 3. The van der Waals surface area contributed by atoms with Crippen LogP contribution in [0.5, 0.6) is 0 Å². The average molecular weight is 201 g/mol. The van der Waals surface area contributed by atoms with Gasteiger partial charge in [-0.3, -0.25) is 0 Å². The van der Waals surface area contributed by atoms with Crippen molar-refractivity contribution in [1.82, 2.24) is 10.2 Å². The molecular weight excluding hydrogens is 182 g/mol. The van der Waals surface area contributed by atoms with E-state index in [1.807, 2.05) is 0 Å². The Balaban J connectivity index is 2.31. The minimum atomic E-state index is -0.0304. The highest BCUT2D eigenvalue weighted by atomic mass is 16.5. The number of urea groups is 1. The molecule has 1 fully saturated rings. The molecule has 0 aromatic carbocycles. The second kappa shape index (κ2) is 5.82. The lowest BCUT2D eigenvalue weighted by Crippen LogP contribution is -2.50. The Bertz CT molecular complexity index is 187. The fourth-order valence-electron chi connectivity index (χ4n) is 1.44. The zero-order valence-electron chi connectivity index (χ0n) is 8.66. The van der Waals surface area contributed by atoms with Crippen molar-refractivity contribution in [2.24, 2.45) is 5.73 Å². The van der Waals surface area contributed by atoms with Crippen molar-refractivity contribution in [3.8, 4) is 0 Å². The summed E-state index contributed by atoms with van der Waals surface area (Å²) in [6, 6.07) is -0.0304. The van der Waals surface area contributed by atoms with E-state index in [1.165, 1.54) is 0 Å². The van der Waals surface area contributed by atoms with Gasteiger partial charge >= 0.3 is 6.03 Å². The number of morpholine rings is 1. The fourth-order valence-corrected chi connectivity index (χ4v) is 1.44. The Morgan fingerprint density at radius 1 is 1.71 bits per heavy atom. The third-order valence-electron chi connectivity index (χ3n) is 2.30.